The fraction of sp³-hybridized carbons (Fsp3) is 0.739. The van der Waals surface area contributed by atoms with Crippen LogP contribution in [0.5, 0.6) is 0 Å². The summed E-state index contributed by atoms with van der Waals surface area (Å²) in [7, 11) is -3.35. The molecule has 4 aliphatic rings. The van der Waals surface area contributed by atoms with E-state index in [2.05, 4.69) is 37.6 Å². The monoisotopic (exact) mass is 405 g/mol. The van der Waals surface area contributed by atoms with Gasteiger partial charge in [-0.1, -0.05) is 44.1 Å². The van der Waals surface area contributed by atoms with Gasteiger partial charge in [0.25, 0.3) is 0 Å². The highest BCUT2D eigenvalue weighted by atomic mass is 32.2. The van der Waals surface area contributed by atoms with E-state index >= 15 is 0 Å². The molecule has 4 nitrogen and oxygen atoms in total. The lowest BCUT2D eigenvalue weighted by molar-refractivity contribution is 0.235. The maximum atomic E-state index is 12.4. The van der Waals surface area contributed by atoms with Gasteiger partial charge in [0.1, 0.15) is 5.60 Å². The zero-order valence-corrected chi connectivity index (χ0v) is 19.0. The lowest BCUT2D eigenvalue weighted by Crippen LogP contribution is -2.40. The summed E-state index contributed by atoms with van der Waals surface area (Å²) in [6.07, 6.45) is 10.1. The van der Waals surface area contributed by atoms with Crippen LogP contribution in [0.1, 0.15) is 73.6 Å². The Kier molecular flexibility index (Phi) is 4.58. The molecule has 2 fully saturated rings. The molecule has 0 aromatic carbocycles. The number of allylic oxidation sites excluding steroid dienone is 3. The van der Waals surface area contributed by atoms with E-state index in [1.165, 1.54) is 24.8 Å². The summed E-state index contributed by atoms with van der Waals surface area (Å²) in [5, 5.41) is 0. The molecule has 28 heavy (non-hydrogen) atoms. The lowest BCUT2D eigenvalue weighted by Gasteiger charge is -2.39. The van der Waals surface area contributed by atoms with Crippen molar-refractivity contribution in [2.75, 3.05) is 6.54 Å². The van der Waals surface area contributed by atoms with E-state index in [0.29, 0.717) is 12.5 Å². The molecule has 1 saturated heterocycles. The smallest absolute Gasteiger partial charge is 0.216 e. The molecule has 0 aromatic rings. The van der Waals surface area contributed by atoms with E-state index in [0.717, 1.165) is 18.4 Å². The van der Waals surface area contributed by atoms with Gasteiger partial charge in [-0.05, 0) is 75.4 Å². The van der Waals surface area contributed by atoms with Gasteiger partial charge in [0.2, 0.25) is 10.0 Å². The second-order valence-electron chi connectivity index (χ2n) is 10.7. The summed E-state index contributed by atoms with van der Waals surface area (Å²) in [5.41, 5.74) is 5.82. The van der Waals surface area contributed by atoms with Crippen LogP contribution < -0.4 is 4.72 Å². The topological polar surface area (TPSA) is 58.7 Å². The number of hydrogen-bond donors (Lipinski definition) is 1. The average molecular weight is 406 g/mol. The molecule has 156 valence electrons. The van der Waals surface area contributed by atoms with Gasteiger partial charge < -0.3 is 4.74 Å². The van der Waals surface area contributed by atoms with Crippen molar-refractivity contribution in [1.29, 1.82) is 0 Å². The van der Waals surface area contributed by atoms with E-state index in [4.69, 9.17) is 4.74 Å². The minimum absolute atomic E-state index is 0.125. The molecule has 3 aliphatic carbocycles. The number of epoxide rings is 1. The van der Waals surface area contributed by atoms with Crippen molar-refractivity contribution >= 4 is 10.0 Å². The van der Waals surface area contributed by atoms with Gasteiger partial charge in [-0.2, -0.15) is 0 Å². The Morgan fingerprint density at radius 1 is 1.21 bits per heavy atom. The fourth-order valence-corrected chi connectivity index (χ4v) is 6.14. The maximum Gasteiger partial charge on any atom is 0.216 e. The SMILES string of the molecule is CC(C)C1=C2C3=CC=C(CNS(=O)(=O)C(C)(C)C)C[C@@H]4O[C@@]34CC[C@@]2(C)CC1. The zero-order chi connectivity index (χ0) is 20.5. The summed E-state index contributed by atoms with van der Waals surface area (Å²) >= 11 is 0. The highest BCUT2D eigenvalue weighted by Crippen LogP contribution is 2.65. The largest absolute Gasteiger partial charge is 0.361 e. The van der Waals surface area contributed by atoms with Crippen LogP contribution in [-0.4, -0.2) is 31.4 Å². The van der Waals surface area contributed by atoms with Crippen molar-refractivity contribution in [1.82, 2.24) is 4.72 Å². The maximum absolute atomic E-state index is 12.4. The van der Waals surface area contributed by atoms with Crippen LogP contribution in [-0.2, 0) is 14.8 Å². The first-order valence-electron chi connectivity index (χ1n) is 10.7. The number of fused-ring (bicyclic) bond motifs is 2. The Bertz CT molecular complexity index is 887. The van der Waals surface area contributed by atoms with Crippen LogP contribution >= 0.6 is 0 Å². The zero-order valence-electron chi connectivity index (χ0n) is 18.2. The molecule has 0 aromatic heterocycles. The third-order valence-corrected chi connectivity index (χ3v) is 9.52. The molecule has 0 bridgehead atoms. The normalized spacial score (nSPS) is 35.0. The number of sulfonamides is 1. The number of rotatable bonds is 4. The highest BCUT2D eigenvalue weighted by Gasteiger charge is 2.64. The first-order chi connectivity index (χ1) is 12.9. The van der Waals surface area contributed by atoms with Crippen molar-refractivity contribution in [2.45, 2.75) is 90.1 Å². The summed E-state index contributed by atoms with van der Waals surface area (Å²) in [6, 6.07) is 0. The molecule has 1 N–H and O–H groups in total. The number of nitrogens with one attached hydrogen (secondary N) is 1. The standard InChI is InChI=1S/C23H35NO3S/c1-15(2)17-9-10-22(6)11-12-23-18(20(17)22)8-7-16(13-19(23)27-23)14-24-28(25,26)21(3,4)5/h7-8,15,19,24H,9-14H2,1-6H3/t19-,22+,23-/m0/s1. The first-order valence-corrected chi connectivity index (χ1v) is 12.2. The predicted octanol–water partition coefficient (Wildman–Crippen LogP) is 4.64. The first kappa shape index (κ1) is 20.4. The van der Waals surface area contributed by atoms with Crippen LogP contribution in [0.25, 0.3) is 0 Å². The third kappa shape index (κ3) is 3.05. The summed E-state index contributed by atoms with van der Waals surface area (Å²) in [5.74, 6) is 0.565. The van der Waals surface area contributed by atoms with Gasteiger partial charge in [0.05, 0.1) is 10.9 Å². The van der Waals surface area contributed by atoms with Crippen LogP contribution in [0.3, 0.4) is 0 Å². The Morgan fingerprint density at radius 3 is 2.57 bits per heavy atom. The average Bonchev–Trinajstić information content (AvgIpc) is 3.17. The van der Waals surface area contributed by atoms with E-state index in [1.54, 1.807) is 31.9 Å². The lowest BCUT2D eigenvalue weighted by atomic mass is 9.64. The van der Waals surface area contributed by atoms with Crippen LogP contribution in [0.15, 0.2) is 34.4 Å². The molecule has 0 unspecified atom stereocenters. The second-order valence-corrected chi connectivity index (χ2v) is 13.2. The minimum Gasteiger partial charge on any atom is -0.361 e. The van der Waals surface area contributed by atoms with E-state index < -0.39 is 14.8 Å². The summed E-state index contributed by atoms with van der Waals surface area (Å²) in [6.45, 7) is 12.6. The van der Waals surface area contributed by atoms with Crippen molar-refractivity contribution in [3.63, 3.8) is 0 Å². The van der Waals surface area contributed by atoms with Crippen molar-refractivity contribution < 1.29 is 13.2 Å². The third-order valence-electron chi connectivity index (χ3n) is 7.39. The molecule has 4 rings (SSSR count). The molecular weight excluding hydrogens is 370 g/mol. The minimum atomic E-state index is -3.35. The molecule has 1 aliphatic heterocycles. The molecule has 1 saturated carbocycles. The van der Waals surface area contributed by atoms with Gasteiger partial charge >= 0.3 is 0 Å². The Labute approximate surface area is 170 Å². The van der Waals surface area contributed by atoms with Gasteiger partial charge in [-0.25, -0.2) is 13.1 Å². The number of hydrogen-bond acceptors (Lipinski definition) is 3. The molecule has 5 heteroatoms. The molecule has 0 amide bonds. The molecular formula is C23H35NO3S. The Balaban J connectivity index is 1.65. The van der Waals surface area contributed by atoms with Crippen LogP contribution in [0, 0.1) is 11.3 Å². The highest BCUT2D eigenvalue weighted by molar-refractivity contribution is 7.90. The van der Waals surface area contributed by atoms with E-state index in [9.17, 15) is 8.42 Å². The molecule has 3 atom stereocenters. The van der Waals surface area contributed by atoms with Crippen LogP contribution in [0.4, 0.5) is 0 Å². The van der Waals surface area contributed by atoms with Gasteiger partial charge in [0, 0.05) is 6.54 Å². The van der Waals surface area contributed by atoms with Gasteiger partial charge in [-0.15, -0.1) is 0 Å². The van der Waals surface area contributed by atoms with Crippen LogP contribution in [0.2, 0.25) is 0 Å². The Morgan fingerprint density at radius 2 is 1.93 bits per heavy atom. The van der Waals surface area contributed by atoms with Gasteiger partial charge in [0.15, 0.2) is 0 Å². The quantitative estimate of drug-likeness (QED) is 0.693. The van der Waals surface area contributed by atoms with E-state index in [-0.39, 0.29) is 17.1 Å². The fourth-order valence-electron chi connectivity index (χ4n) is 5.33. The predicted molar refractivity (Wildman–Crippen MR) is 114 cm³/mol. The Hall–Kier alpha value is -0.910. The van der Waals surface area contributed by atoms with E-state index in [1.807, 2.05) is 0 Å². The molecule has 1 spiro atoms. The molecule has 0 radical (unpaired) electrons. The van der Waals surface area contributed by atoms with Gasteiger partial charge in [-0.3, -0.25) is 0 Å². The van der Waals surface area contributed by atoms with Crippen molar-refractivity contribution in [3.05, 3.63) is 34.4 Å². The molecule has 1 heterocycles. The van der Waals surface area contributed by atoms with Crippen molar-refractivity contribution in [3.8, 4) is 0 Å². The summed E-state index contributed by atoms with van der Waals surface area (Å²) < 4.78 is 33.2. The van der Waals surface area contributed by atoms with Crippen molar-refractivity contribution in [2.24, 2.45) is 11.3 Å². The summed E-state index contributed by atoms with van der Waals surface area (Å²) in [4.78, 5) is 0. The second kappa shape index (κ2) is 6.29. The number of ether oxygens (including phenoxy) is 1.